The lowest BCUT2D eigenvalue weighted by molar-refractivity contribution is 0.271. The predicted molar refractivity (Wildman–Crippen MR) is 75.9 cm³/mol. The molecule has 0 heterocycles. The third-order valence-electron chi connectivity index (χ3n) is 3.54. The smallest absolute Gasteiger partial charge is 0.119 e. The van der Waals surface area contributed by atoms with Gasteiger partial charge in [0.05, 0.1) is 6.61 Å². The van der Waals surface area contributed by atoms with E-state index in [-0.39, 0.29) is 0 Å². The maximum Gasteiger partial charge on any atom is 0.119 e. The molecule has 1 aromatic carbocycles. The molecule has 2 rings (SSSR count). The van der Waals surface area contributed by atoms with Crippen LogP contribution < -0.4 is 10.1 Å². The summed E-state index contributed by atoms with van der Waals surface area (Å²) < 4.78 is 5.69. The Kier molecular flexibility index (Phi) is 4.28. The molecule has 0 bridgehead atoms. The maximum atomic E-state index is 5.69. The van der Waals surface area contributed by atoms with Gasteiger partial charge in [0.1, 0.15) is 5.75 Å². The van der Waals surface area contributed by atoms with Gasteiger partial charge < -0.3 is 10.1 Å². The molecule has 18 heavy (non-hydrogen) atoms. The first-order valence-corrected chi connectivity index (χ1v) is 7.05. The van der Waals surface area contributed by atoms with E-state index in [0.29, 0.717) is 12.0 Å². The highest BCUT2D eigenvalue weighted by Gasteiger charge is 2.33. The molecule has 1 N–H and O–H groups in total. The van der Waals surface area contributed by atoms with Crippen LogP contribution in [0.4, 0.5) is 0 Å². The van der Waals surface area contributed by atoms with Crippen molar-refractivity contribution in [3.63, 3.8) is 0 Å². The Morgan fingerprint density at radius 3 is 2.33 bits per heavy atom. The van der Waals surface area contributed by atoms with Crippen LogP contribution in [0.1, 0.15) is 45.7 Å². The van der Waals surface area contributed by atoms with E-state index in [1.807, 2.05) is 0 Å². The summed E-state index contributed by atoms with van der Waals surface area (Å²) in [4.78, 5) is 0. The first kappa shape index (κ1) is 13.4. The molecule has 1 aliphatic rings. The van der Waals surface area contributed by atoms with Crippen molar-refractivity contribution < 1.29 is 4.74 Å². The number of hydrogen-bond donors (Lipinski definition) is 1. The molecule has 1 fully saturated rings. The van der Waals surface area contributed by atoms with Crippen LogP contribution in [0.2, 0.25) is 0 Å². The van der Waals surface area contributed by atoms with Gasteiger partial charge in [0, 0.05) is 12.1 Å². The topological polar surface area (TPSA) is 21.3 Å². The first-order chi connectivity index (χ1) is 8.56. The van der Waals surface area contributed by atoms with Gasteiger partial charge in [-0.15, -0.1) is 0 Å². The standard InChI is InChI=1S/C16H25NO/c1-11(2)10-18-15-7-5-14(6-8-15)13(4)17-16-9-12(16)3/h5-8,11-13,16-17H,9-10H2,1-4H3. The number of nitrogens with one attached hydrogen (secondary N) is 1. The SMILES string of the molecule is CC(C)COc1ccc(C(C)NC2CC2C)cc1. The maximum absolute atomic E-state index is 5.69. The van der Waals surface area contributed by atoms with Crippen molar-refractivity contribution in [2.75, 3.05) is 6.61 Å². The van der Waals surface area contributed by atoms with Gasteiger partial charge in [0.15, 0.2) is 0 Å². The summed E-state index contributed by atoms with van der Waals surface area (Å²) in [6.45, 7) is 9.64. The number of hydrogen-bond acceptors (Lipinski definition) is 2. The second-order valence-corrected chi connectivity index (χ2v) is 5.98. The Bertz CT molecular complexity index is 371. The summed E-state index contributed by atoms with van der Waals surface area (Å²) in [5.74, 6) is 2.39. The zero-order chi connectivity index (χ0) is 13.1. The summed E-state index contributed by atoms with van der Waals surface area (Å²) in [6, 6.07) is 9.63. The quantitative estimate of drug-likeness (QED) is 0.826. The van der Waals surface area contributed by atoms with Crippen molar-refractivity contribution in [3.05, 3.63) is 29.8 Å². The van der Waals surface area contributed by atoms with Gasteiger partial charge in [0.2, 0.25) is 0 Å². The monoisotopic (exact) mass is 247 g/mol. The van der Waals surface area contributed by atoms with E-state index >= 15 is 0 Å². The molecule has 0 saturated heterocycles. The van der Waals surface area contributed by atoms with Crippen molar-refractivity contribution in [2.24, 2.45) is 11.8 Å². The number of rotatable bonds is 6. The van der Waals surface area contributed by atoms with Crippen LogP contribution in [0.15, 0.2) is 24.3 Å². The van der Waals surface area contributed by atoms with Crippen molar-refractivity contribution >= 4 is 0 Å². The fraction of sp³-hybridized carbons (Fsp3) is 0.625. The Hall–Kier alpha value is -1.02. The average Bonchev–Trinajstić information content (AvgIpc) is 3.03. The van der Waals surface area contributed by atoms with E-state index < -0.39 is 0 Å². The highest BCUT2D eigenvalue weighted by molar-refractivity contribution is 5.29. The second kappa shape index (κ2) is 5.75. The highest BCUT2D eigenvalue weighted by Crippen LogP contribution is 2.31. The summed E-state index contributed by atoms with van der Waals surface area (Å²) in [7, 11) is 0. The first-order valence-electron chi connectivity index (χ1n) is 7.05. The number of benzene rings is 1. The van der Waals surface area contributed by atoms with Crippen molar-refractivity contribution in [3.8, 4) is 5.75 Å². The second-order valence-electron chi connectivity index (χ2n) is 5.98. The van der Waals surface area contributed by atoms with Crippen LogP contribution in [0.25, 0.3) is 0 Å². The lowest BCUT2D eigenvalue weighted by atomic mass is 10.1. The third-order valence-corrected chi connectivity index (χ3v) is 3.54. The molecule has 0 aromatic heterocycles. The highest BCUT2D eigenvalue weighted by atomic mass is 16.5. The zero-order valence-electron chi connectivity index (χ0n) is 11.9. The lowest BCUT2D eigenvalue weighted by Crippen LogP contribution is -2.21. The Labute approximate surface area is 111 Å². The van der Waals surface area contributed by atoms with Crippen LogP contribution in [-0.4, -0.2) is 12.6 Å². The van der Waals surface area contributed by atoms with Gasteiger partial charge in [-0.1, -0.05) is 32.9 Å². The largest absolute Gasteiger partial charge is 0.493 e. The Balaban J connectivity index is 1.86. The summed E-state index contributed by atoms with van der Waals surface area (Å²) in [5.41, 5.74) is 1.34. The van der Waals surface area contributed by atoms with Gasteiger partial charge >= 0.3 is 0 Å². The van der Waals surface area contributed by atoms with E-state index in [2.05, 4.69) is 57.3 Å². The molecule has 1 aliphatic carbocycles. The van der Waals surface area contributed by atoms with E-state index in [0.717, 1.165) is 24.3 Å². The van der Waals surface area contributed by atoms with E-state index in [1.165, 1.54) is 12.0 Å². The van der Waals surface area contributed by atoms with Crippen LogP contribution in [0.5, 0.6) is 5.75 Å². The molecular formula is C16H25NO. The van der Waals surface area contributed by atoms with Crippen molar-refractivity contribution in [2.45, 2.75) is 46.2 Å². The van der Waals surface area contributed by atoms with Gasteiger partial charge in [-0.25, -0.2) is 0 Å². The molecule has 1 aromatic rings. The van der Waals surface area contributed by atoms with Gasteiger partial charge in [0.25, 0.3) is 0 Å². The van der Waals surface area contributed by atoms with Crippen LogP contribution in [0.3, 0.4) is 0 Å². The molecule has 2 nitrogen and oxygen atoms in total. The van der Waals surface area contributed by atoms with Crippen LogP contribution >= 0.6 is 0 Å². The van der Waals surface area contributed by atoms with Gasteiger partial charge in [-0.2, -0.15) is 0 Å². The predicted octanol–water partition coefficient (Wildman–Crippen LogP) is 3.78. The molecule has 0 aliphatic heterocycles. The molecule has 2 heteroatoms. The minimum Gasteiger partial charge on any atom is -0.493 e. The van der Waals surface area contributed by atoms with E-state index in [4.69, 9.17) is 4.74 Å². The molecule has 0 spiro atoms. The van der Waals surface area contributed by atoms with Gasteiger partial charge in [-0.05, 0) is 42.9 Å². The molecule has 3 atom stereocenters. The molecule has 1 saturated carbocycles. The summed E-state index contributed by atoms with van der Waals surface area (Å²) in [5, 5.41) is 3.65. The fourth-order valence-corrected chi connectivity index (χ4v) is 2.09. The molecular weight excluding hydrogens is 222 g/mol. The Morgan fingerprint density at radius 2 is 1.83 bits per heavy atom. The zero-order valence-corrected chi connectivity index (χ0v) is 11.9. The molecule has 3 unspecified atom stereocenters. The molecule has 0 amide bonds. The van der Waals surface area contributed by atoms with E-state index in [1.54, 1.807) is 0 Å². The summed E-state index contributed by atoms with van der Waals surface area (Å²) >= 11 is 0. The van der Waals surface area contributed by atoms with Crippen LogP contribution in [-0.2, 0) is 0 Å². The van der Waals surface area contributed by atoms with Crippen molar-refractivity contribution in [1.82, 2.24) is 5.32 Å². The minimum atomic E-state index is 0.430. The average molecular weight is 247 g/mol. The minimum absolute atomic E-state index is 0.430. The van der Waals surface area contributed by atoms with Gasteiger partial charge in [-0.3, -0.25) is 0 Å². The summed E-state index contributed by atoms with van der Waals surface area (Å²) in [6.07, 6.45) is 1.32. The molecule has 0 radical (unpaired) electrons. The normalized spacial score (nSPS) is 24.1. The lowest BCUT2D eigenvalue weighted by Gasteiger charge is -2.15. The molecule has 100 valence electrons. The van der Waals surface area contributed by atoms with Crippen molar-refractivity contribution in [1.29, 1.82) is 0 Å². The Morgan fingerprint density at radius 1 is 1.22 bits per heavy atom. The third kappa shape index (κ3) is 3.74. The van der Waals surface area contributed by atoms with E-state index in [9.17, 15) is 0 Å². The van der Waals surface area contributed by atoms with Crippen LogP contribution in [0, 0.1) is 11.8 Å². The fourth-order valence-electron chi connectivity index (χ4n) is 2.09. The number of ether oxygens (including phenoxy) is 1.